The SMILES string of the molecule is CCC1COCCO1.COc1cc2n(c(=O)n1)CCc1cc(O)ccc1-2. The summed E-state index contributed by atoms with van der Waals surface area (Å²) in [6, 6.07) is 6.91. The van der Waals surface area contributed by atoms with E-state index in [0.717, 1.165) is 43.1 Å². The van der Waals surface area contributed by atoms with E-state index in [1.165, 1.54) is 7.11 Å². The van der Waals surface area contributed by atoms with Gasteiger partial charge in [0.1, 0.15) is 5.75 Å². The standard InChI is InChI=1S/C13H12N2O3.C6H12O2/c1-18-12-7-11-10-3-2-9(16)6-8(10)4-5-15(11)13(17)14-12;1-2-6-5-7-3-4-8-6/h2-3,6-7,16H,4-5H2,1H3;6H,2-5H2,1H3. The summed E-state index contributed by atoms with van der Waals surface area (Å²) in [7, 11) is 1.49. The first-order valence-electron chi connectivity index (χ1n) is 8.80. The topological polar surface area (TPSA) is 82.8 Å². The van der Waals surface area contributed by atoms with Crippen LogP contribution in [-0.4, -0.2) is 47.7 Å². The van der Waals surface area contributed by atoms with E-state index in [1.807, 2.05) is 6.07 Å². The predicted molar refractivity (Wildman–Crippen MR) is 96.7 cm³/mol. The molecule has 26 heavy (non-hydrogen) atoms. The lowest BCUT2D eigenvalue weighted by atomic mass is 9.97. The molecule has 0 bridgehead atoms. The molecule has 0 aliphatic carbocycles. The molecule has 1 N–H and O–H groups in total. The van der Waals surface area contributed by atoms with Crippen molar-refractivity contribution in [3.8, 4) is 22.9 Å². The van der Waals surface area contributed by atoms with Crippen molar-refractivity contribution in [2.75, 3.05) is 26.9 Å². The van der Waals surface area contributed by atoms with Gasteiger partial charge in [0.25, 0.3) is 0 Å². The number of phenols is 1. The molecule has 1 unspecified atom stereocenters. The van der Waals surface area contributed by atoms with Gasteiger partial charge in [-0.25, -0.2) is 4.79 Å². The molecule has 0 spiro atoms. The molecule has 3 heterocycles. The zero-order chi connectivity index (χ0) is 18.5. The normalized spacial score (nSPS) is 18.2. The maximum atomic E-state index is 11.8. The van der Waals surface area contributed by atoms with E-state index in [2.05, 4.69) is 11.9 Å². The Kier molecular flexibility index (Phi) is 5.90. The minimum absolute atomic E-state index is 0.241. The van der Waals surface area contributed by atoms with Gasteiger partial charge >= 0.3 is 5.69 Å². The molecule has 1 aromatic heterocycles. The first-order valence-corrected chi connectivity index (χ1v) is 8.80. The molecule has 0 radical (unpaired) electrons. The third-order valence-corrected chi connectivity index (χ3v) is 4.51. The molecule has 4 rings (SSSR count). The van der Waals surface area contributed by atoms with Crippen LogP contribution in [0.3, 0.4) is 0 Å². The van der Waals surface area contributed by atoms with Crippen molar-refractivity contribution in [1.82, 2.24) is 9.55 Å². The number of aromatic nitrogens is 2. The molecule has 2 aliphatic rings. The van der Waals surface area contributed by atoms with Gasteiger partial charge < -0.3 is 19.3 Å². The molecule has 1 atom stereocenters. The van der Waals surface area contributed by atoms with Crippen molar-refractivity contribution in [1.29, 1.82) is 0 Å². The Balaban J connectivity index is 0.000000206. The molecular weight excluding hydrogens is 336 g/mol. The number of fused-ring (bicyclic) bond motifs is 3. The van der Waals surface area contributed by atoms with Gasteiger partial charge in [0.05, 0.1) is 38.7 Å². The fourth-order valence-electron chi connectivity index (χ4n) is 3.07. The number of ether oxygens (including phenoxy) is 3. The number of hydrogen-bond donors (Lipinski definition) is 1. The Morgan fingerprint density at radius 3 is 2.85 bits per heavy atom. The summed E-state index contributed by atoms with van der Waals surface area (Å²) >= 11 is 0. The summed E-state index contributed by atoms with van der Waals surface area (Å²) in [5.41, 5.74) is 2.45. The van der Waals surface area contributed by atoms with E-state index in [1.54, 1.807) is 22.8 Å². The average Bonchev–Trinajstić information content (AvgIpc) is 2.68. The molecule has 7 nitrogen and oxygen atoms in total. The third-order valence-electron chi connectivity index (χ3n) is 4.51. The van der Waals surface area contributed by atoms with Crippen LogP contribution in [0.4, 0.5) is 0 Å². The lowest BCUT2D eigenvalue weighted by Crippen LogP contribution is -2.28. The van der Waals surface area contributed by atoms with Crippen molar-refractivity contribution in [3.63, 3.8) is 0 Å². The van der Waals surface area contributed by atoms with Crippen LogP contribution in [0.5, 0.6) is 11.6 Å². The Morgan fingerprint density at radius 2 is 2.19 bits per heavy atom. The van der Waals surface area contributed by atoms with Gasteiger partial charge in [-0.2, -0.15) is 4.98 Å². The van der Waals surface area contributed by atoms with Crippen molar-refractivity contribution in [3.05, 3.63) is 40.3 Å². The highest BCUT2D eigenvalue weighted by atomic mass is 16.6. The highest BCUT2D eigenvalue weighted by Crippen LogP contribution is 2.31. The third kappa shape index (κ3) is 4.05. The van der Waals surface area contributed by atoms with Gasteiger partial charge in [-0.05, 0) is 36.6 Å². The molecule has 1 fully saturated rings. The maximum Gasteiger partial charge on any atom is 0.351 e. The number of nitrogens with zero attached hydrogens (tertiary/aromatic N) is 2. The van der Waals surface area contributed by atoms with Crippen molar-refractivity contribution < 1.29 is 19.3 Å². The van der Waals surface area contributed by atoms with Gasteiger partial charge in [-0.15, -0.1) is 0 Å². The first-order chi connectivity index (χ1) is 12.6. The maximum absolute atomic E-state index is 11.8. The summed E-state index contributed by atoms with van der Waals surface area (Å²) in [5.74, 6) is 0.553. The van der Waals surface area contributed by atoms with Crippen LogP contribution in [0, 0.1) is 0 Å². The second-order valence-corrected chi connectivity index (χ2v) is 6.19. The monoisotopic (exact) mass is 360 g/mol. The van der Waals surface area contributed by atoms with Crippen LogP contribution < -0.4 is 10.4 Å². The van der Waals surface area contributed by atoms with Crippen LogP contribution in [0.25, 0.3) is 11.3 Å². The first kappa shape index (κ1) is 18.4. The number of rotatable bonds is 2. The molecule has 7 heteroatoms. The quantitative estimate of drug-likeness (QED) is 0.882. The highest BCUT2D eigenvalue weighted by Gasteiger charge is 2.19. The lowest BCUT2D eigenvalue weighted by molar-refractivity contribution is -0.0887. The fourth-order valence-corrected chi connectivity index (χ4v) is 3.07. The van der Waals surface area contributed by atoms with Crippen molar-refractivity contribution in [2.45, 2.75) is 32.4 Å². The molecule has 1 saturated heterocycles. The Hall–Kier alpha value is -2.38. The van der Waals surface area contributed by atoms with Crippen LogP contribution >= 0.6 is 0 Å². The van der Waals surface area contributed by atoms with Gasteiger partial charge in [0.2, 0.25) is 5.88 Å². The highest BCUT2D eigenvalue weighted by molar-refractivity contribution is 5.67. The van der Waals surface area contributed by atoms with Crippen LogP contribution in [0.1, 0.15) is 18.9 Å². The zero-order valence-electron chi connectivity index (χ0n) is 15.1. The molecule has 2 aromatic rings. The summed E-state index contributed by atoms with van der Waals surface area (Å²) < 4.78 is 17.1. The fraction of sp³-hybridized carbons (Fsp3) is 0.474. The summed E-state index contributed by atoms with van der Waals surface area (Å²) in [6.45, 7) is 5.02. The van der Waals surface area contributed by atoms with Gasteiger partial charge in [0, 0.05) is 18.2 Å². The Bertz CT molecular complexity index is 812. The average molecular weight is 360 g/mol. The van der Waals surface area contributed by atoms with E-state index in [4.69, 9.17) is 14.2 Å². The number of aromatic hydroxyl groups is 1. The number of methoxy groups -OCH3 is 1. The van der Waals surface area contributed by atoms with E-state index >= 15 is 0 Å². The van der Waals surface area contributed by atoms with Crippen molar-refractivity contribution >= 4 is 0 Å². The number of phenolic OH excluding ortho intramolecular Hbond substituents is 1. The molecule has 0 saturated carbocycles. The summed E-state index contributed by atoms with van der Waals surface area (Å²) in [5, 5.41) is 9.49. The van der Waals surface area contributed by atoms with E-state index in [0.29, 0.717) is 24.9 Å². The molecule has 140 valence electrons. The molecule has 2 aliphatic heterocycles. The van der Waals surface area contributed by atoms with Gasteiger partial charge in [0.15, 0.2) is 0 Å². The number of aryl methyl sites for hydroxylation is 1. The van der Waals surface area contributed by atoms with Gasteiger partial charge in [-0.1, -0.05) is 6.92 Å². The summed E-state index contributed by atoms with van der Waals surface area (Å²) in [6.07, 6.45) is 2.15. The van der Waals surface area contributed by atoms with Crippen molar-refractivity contribution in [2.24, 2.45) is 0 Å². The van der Waals surface area contributed by atoms with Crippen LogP contribution in [-0.2, 0) is 22.4 Å². The lowest BCUT2D eigenvalue weighted by Gasteiger charge is -2.21. The molecule has 1 aromatic carbocycles. The molecular formula is C19H24N2O5. The van der Waals surface area contributed by atoms with Gasteiger partial charge in [-0.3, -0.25) is 4.57 Å². The van der Waals surface area contributed by atoms with Crippen LogP contribution in [0.2, 0.25) is 0 Å². The smallest absolute Gasteiger partial charge is 0.351 e. The minimum Gasteiger partial charge on any atom is -0.508 e. The Labute approximate surface area is 152 Å². The Morgan fingerprint density at radius 1 is 1.35 bits per heavy atom. The summed E-state index contributed by atoms with van der Waals surface area (Å²) in [4.78, 5) is 15.7. The number of benzene rings is 1. The second-order valence-electron chi connectivity index (χ2n) is 6.19. The van der Waals surface area contributed by atoms with E-state index in [-0.39, 0.29) is 11.4 Å². The minimum atomic E-state index is -0.303. The molecule has 0 amide bonds. The largest absolute Gasteiger partial charge is 0.508 e. The number of hydrogen-bond acceptors (Lipinski definition) is 6. The zero-order valence-corrected chi connectivity index (χ0v) is 15.1. The predicted octanol–water partition coefficient (Wildman–Crippen LogP) is 1.99. The van der Waals surface area contributed by atoms with E-state index in [9.17, 15) is 9.90 Å². The van der Waals surface area contributed by atoms with E-state index < -0.39 is 0 Å². The second kappa shape index (κ2) is 8.33. The van der Waals surface area contributed by atoms with Crippen LogP contribution in [0.15, 0.2) is 29.1 Å².